The van der Waals surface area contributed by atoms with Gasteiger partial charge in [0.2, 0.25) is 0 Å². The van der Waals surface area contributed by atoms with Gasteiger partial charge in [0.05, 0.1) is 0 Å². The number of hydrogen-bond acceptors (Lipinski definition) is 3. The first kappa shape index (κ1) is 26.0. The van der Waals surface area contributed by atoms with E-state index in [9.17, 15) is 0 Å². The van der Waals surface area contributed by atoms with Crippen LogP contribution in [0.1, 0.15) is 0 Å². The summed E-state index contributed by atoms with van der Waals surface area (Å²) in [6.07, 6.45) is 0. The fourth-order valence-corrected chi connectivity index (χ4v) is 8.85. The van der Waals surface area contributed by atoms with Crippen molar-refractivity contribution in [3.05, 3.63) is 158 Å². The first-order chi connectivity index (χ1) is 22.3. The maximum atomic E-state index is 6.25. The van der Waals surface area contributed by atoms with Crippen molar-refractivity contribution >= 4 is 72.7 Å². The van der Waals surface area contributed by atoms with Gasteiger partial charge in [-0.05, 0) is 0 Å². The van der Waals surface area contributed by atoms with Crippen LogP contribution in [-0.4, -0.2) is 19.5 Å². The number of rotatable bonds is 5. The molecule has 0 N–H and O–H groups in total. The second kappa shape index (κ2) is 10.6. The second-order valence-electron chi connectivity index (χ2n) is 11.2. The van der Waals surface area contributed by atoms with Gasteiger partial charge < -0.3 is 0 Å². The molecule has 2 aromatic heterocycles. The Morgan fingerprint density at radius 3 is 2.22 bits per heavy atom. The fourth-order valence-electron chi connectivity index (χ4n) is 6.40. The average molecular weight is 642 g/mol. The van der Waals surface area contributed by atoms with E-state index >= 15 is 0 Å². The van der Waals surface area contributed by atoms with Crippen LogP contribution in [0.3, 0.4) is 0 Å². The zero-order valence-corrected chi connectivity index (χ0v) is 25.9. The summed E-state index contributed by atoms with van der Waals surface area (Å²) in [6, 6.07) is 56.2. The van der Waals surface area contributed by atoms with E-state index in [1.807, 2.05) is 24.3 Å². The normalized spacial score (nSPS) is 11.6. The molecule has 4 heteroatoms. The number of benzene rings is 7. The van der Waals surface area contributed by atoms with Gasteiger partial charge in [-0.3, -0.25) is 0 Å². The first-order valence-electron chi connectivity index (χ1n) is 15.0. The van der Waals surface area contributed by atoms with Crippen LogP contribution < -0.4 is 4.90 Å². The van der Waals surface area contributed by atoms with Gasteiger partial charge in [-0.2, -0.15) is 0 Å². The minimum atomic E-state index is 0.152. The van der Waals surface area contributed by atoms with Gasteiger partial charge in [-0.25, -0.2) is 0 Å². The van der Waals surface area contributed by atoms with E-state index in [0.717, 1.165) is 33.7 Å². The molecule has 0 spiro atoms. The molecule has 212 valence electrons. The van der Waals surface area contributed by atoms with Gasteiger partial charge in [-0.1, -0.05) is 0 Å². The van der Waals surface area contributed by atoms with Crippen molar-refractivity contribution in [2.75, 3.05) is 4.90 Å². The Morgan fingerprint density at radius 2 is 1.29 bits per heavy atom. The molecule has 0 saturated heterocycles. The predicted octanol–water partition coefficient (Wildman–Crippen LogP) is 11.1. The summed E-state index contributed by atoms with van der Waals surface area (Å²) in [5.74, 6) is 0.677. The van der Waals surface area contributed by atoms with E-state index in [1.54, 1.807) is 0 Å². The molecule has 0 aliphatic rings. The van der Waals surface area contributed by atoms with Gasteiger partial charge in [0.25, 0.3) is 0 Å². The van der Waals surface area contributed by atoms with E-state index in [1.165, 1.54) is 41.2 Å². The van der Waals surface area contributed by atoms with E-state index < -0.39 is 0 Å². The van der Waals surface area contributed by atoms with Gasteiger partial charge in [-0.15, -0.1) is 0 Å². The number of hydrogen-bond donors (Lipinski definition) is 0. The summed E-state index contributed by atoms with van der Waals surface area (Å²) in [4.78, 5) is 7.27. The predicted molar refractivity (Wildman–Crippen MR) is 189 cm³/mol. The van der Waals surface area contributed by atoms with Crippen molar-refractivity contribution in [1.29, 1.82) is 0 Å². The topological polar surface area (TPSA) is 29.3 Å². The Hall–Kier alpha value is -5.41. The molecule has 0 amide bonds. The number of fused-ring (bicyclic) bond motifs is 5. The van der Waals surface area contributed by atoms with Crippen molar-refractivity contribution in [2.45, 2.75) is 0 Å². The molecule has 9 rings (SSSR count). The van der Waals surface area contributed by atoms with Crippen LogP contribution in [0.15, 0.2) is 162 Å². The zero-order valence-electron chi connectivity index (χ0n) is 24.2. The summed E-state index contributed by atoms with van der Waals surface area (Å²) in [5, 5.41) is 4.95. The summed E-state index contributed by atoms with van der Waals surface area (Å²) < 4.78 is 8.97. The zero-order chi connectivity index (χ0) is 29.7. The van der Waals surface area contributed by atoms with Gasteiger partial charge >= 0.3 is 267 Å². The van der Waals surface area contributed by atoms with Crippen LogP contribution in [0.5, 0.6) is 0 Å². The fraction of sp³-hybridized carbons (Fsp3) is 0. The van der Waals surface area contributed by atoms with Crippen LogP contribution in [0.2, 0.25) is 0 Å². The Balaban J connectivity index is 1.25. The molecule has 3 nitrogen and oxygen atoms in total. The van der Waals surface area contributed by atoms with Crippen LogP contribution in [0.4, 0.5) is 17.1 Å². The average Bonchev–Trinajstić information content (AvgIpc) is 3.71. The van der Waals surface area contributed by atoms with Crippen molar-refractivity contribution in [2.24, 2.45) is 0 Å². The Kier molecular flexibility index (Phi) is 6.15. The summed E-state index contributed by atoms with van der Waals surface area (Å²) in [7, 11) is 0. The van der Waals surface area contributed by atoms with E-state index in [4.69, 9.17) is 9.40 Å². The number of nitrogens with zero attached hydrogens (tertiary/aromatic N) is 2. The summed E-state index contributed by atoms with van der Waals surface area (Å²) >= 11 is 0.152. The molecular formula is C41H26N2OSe. The third kappa shape index (κ3) is 4.46. The van der Waals surface area contributed by atoms with Crippen molar-refractivity contribution < 1.29 is 4.42 Å². The molecule has 0 unspecified atom stereocenters. The molecule has 0 aliphatic carbocycles. The molecular weight excluding hydrogens is 615 g/mol. The molecule has 0 bridgehead atoms. The molecule has 9 aromatic rings. The van der Waals surface area contributed by atoms with E-state index in [0.29, 0.717) is 5.89 Å². The van der Waals surface area contributed by atoms with Crippen molar-refractivity contribution in [3.8, 4) is 22.6 Å². The second-order valence-corrected chi connectivity index (χ2v) is 13.5. The summed E-state index contributed by atoms with van der Waals surface area (Å²) in [6.45, 7) is 0. The Bertz CT molecular complexity index is 2470. The molecule has 0 fully saturated rings. The Labute approximate surface area is 266 Å². The van der Waals surface area contributed by atoms with Crippen LogP contribution in [0.25, 0.3) is 63.7 Å². The monoisotopic (exact) mass is 642 g/mol. The number of anilines is 3. The number of oxazole rings is 1. The molecule has 45 heavy (non-hydrogen) atoms. The Morgan fingerprint density at radius 1 is 0.533 bits per heavy atom. The quantitative estimate of drug-likeness (QED) is 0.175. The molecule has 0 aliphatic heterocycles. The third-order valence-corrected chi connectivity index (χ3v) is 10.8. The van der Waals surface area contributed by atoms with Crippen LogP contribution in [0, 0.1) is 0 Å². The van der Waals surface area contributed by atoms with Gasteiger partial charge in [0, 0.05) is 0 Å². The van der Waals surface area contributed by atoms with Gasteiger partial charge in [0.1, 0.15) is 0 Å². The maximum absolute atomic E-state index is 6.25. The summed E-state index contributed by atoms with van der Waals surface area (Å²) in [5.41, 5.74) is 8.58. The van der Waals surface area contributed by atoms with Crippen LogP contribution in [-0.2, 0) is 0 Å². The minimum absolute atomic E-state index is 0.152. The number of aromatic nitrogens is 1. The van der Waals surface area contributed by atoms with E-state index in [-0.39, 0.29) is 14.5 Å². The van der Waals surface area contributed by atoms with Gasteiger partial charge in [0.15, 0.2) is 0 Å². The number of para-hydroxylation sites is 2. The molecule has 0 radical (unpaired) electrons. The van der Waals surface area contributed by atoms with Crippen LogP contribution >= 0.6 is 0 Å². The third-order valence-electron chi connectivity index (χ3n) is 8.48. The molecule has 7 aromatic carbocycles. The van der Waals surface area contributed by atoms with Crippen molar-refractivity contribution in [3.63, 3.8) is 0 Å². The first-order valence-corrected chi connectivity index (χ1v) is 16.8. The molecule has 0 saturated carbocycles. The molecule has 0 atom stereocenters. The SMILES string of the molecule is c1ccc(-c2cccc(N(c3ccc4c(c3)[se]c3cccc(-c5nc6ccccc6o5)c34)c3cccc4ccccc34)c2)cc1. The molecule has 2 heterocycles. The van der Waals surface area contributed by atoms with Crippen molar-refractivity contribution in [1.82, 2.24) is 4.98 Å². The standard InChI is InChI=1S/C41H26N2OSe/c1-2-11-27(12-3-1)29-15-8-16-30(25-29)43(36-20-9-14-28-13-4-5-17-32(28)36)31-23-24-33-39(26-31)45-38-22-10-18-34(40(33)38)41-42-35-19-6-7-21-37(35)44-41/h1-26H. The van der Waals surface area contributed by atoms with E-state index in [2.05, 4.69) is 138 Å².